The highest BCUT2D eigenvalue weighted by Gasteiger charge is 2.45. The number of nitrogens with one attached hydrogen (secondary N) is 2. The van der Waals surface area contributed by atoms with Crippen LogP contribution in [0.4, 0.5) is 0 Å². The van der Waals surface area contributed by atoms with Crippen LogP contribution in [-0.2, 0) is 19.1 Å². The third kappa shape index (κ3) is 7.25. The smallest absolute Gasteiger partial charge is 0.219 e. The van der Waals surface area contributed by atoms with Crippen molar-refractivity contribution in [2.45, 2.75) is 70.2 Å². The topological polar surface area (TPSA) is 137 Å². The lowest BCUT2D eigenvalue weighted by Gasteiger charge is -2.42. The Morgan fingerprint density at radius 1 is 1.20 bits per heavy atom. The predicted octanol–water partition coefficient (Wildman–Crippen LogP) is -1.36. The van der Waals surface area contributed by atoms with Crippen LogP contribution in [0.3, 0.4) is 0 Å². The highest BCUT2D eigenvalue weighted by Crippen LogP contribution is 2.22. The number of hydrogen-bond acceptors (Lipinski definition) is 7. The van der Waals surface area contributed by atoms with Gasteiger partial charge in [0, 0.05) is 19.9 Å². The monoisotopic (exact) mass is 362 g/mol. The fourth-order valence-electron chi connectivity index (χ4n) is 2.54. The normalized spacial score (nSPS) is 29.2. The van der Waals surface area contributed by atoms with Gasteiger partial charge in [-0.3, -0.25) is 9.59 Å². The molecule has 9 nitrogen and oxygen atoms in total. The molecule has 0 aromatic rings. The van der Waals surface area contributed by atoms with Crippen molar-refractivity contribution in [3.05, 3.63) is 0 Å². The molecule has 1 fully saturated rings. The molecule has 2 amide bonds. The summed E-state index contributed by atoms with van der Waals surface area (Å²) >= 11 is 0. The Hall–Kier alpha value is -1.26. The highest BCUT2D eigenvalue weighted by molar-refractivity contribution is 5.75. The van der Waals surface area contributed by atoms with Gasteiger partial charge in [0.05, 0.1) is 13.2 Å². The molecule has 0 aliphatic carbocycles. The van der Waals surface area contributed by atoms with Crippen LogP contribution in [0.2, 0.25) is 0 Å². The lowest BCUT2D eigenvalue weighted by atomic mass is 9.97. The largest absolute Gasteiger partial charge is 0.394 e. The van der Waals surface area contributed by atoms with Crippen molar-refractivity contribution < 1.29 is 34.4 Å². The number of ether oxygens (including phenoxy) is 2. The van der Waals surface area contributed by atoms with Crippen LogP contribution in [-0.4, -0.2) is 77.5 Å². The maximum atomic E-state index is 11.5. The second kappa shape index (κ2) is 11.4. The molecule has 0 saturated carbocycles. The lowest BCUT2D eigenvalue weighted by Crippen LogP contribution is -2.64. The summed E-state index contributed by atoms with van der Waals surface area (Å²) in [6.45, 7) is 3.46. The van der Waals surface area contributed by atoms with Gasteiger partial charge in [-0.2, -0.15) is 0 Å². The summed E-state index contributed by atoms with van der Waals surface area (Å²) < 4.78 is 11.0. The Morgan fingerprint density at radius 2 is 1.92 bits per heavy atom. The second-order valence-corrected chi connectivity index (χ2v) is 6.11. The number of unbranched alkanes of at least 4 members (excludes halogenated alkanes) is 1. The van der Waals surface area contributed by atoms with Gasteiger partial charge < -0.3 is 35.4 Å². The van der Waals surface area contributed by atoms with Crippen LogP contribution in [0.1, 0.15) is 39.5 Å². The van der Waals surface area contributed by atoms with Gasteiger partial charge in [0.2, 0.25) is 11.8 Å². The van der Waals surface area contributed by atoms with Crippen LogP contribution < -0.4 is 10.6 Å². The SMILES string of the molecule is CCCCC(=O)NCCCOC1OC(CO)C(O)C(O)C1NC(C)=O. The molecule has 0 aromatic carbocycles. The van der Waals surface area contributed by atoms with Crippen molar-refractivity contribution >= 4 is 11.8 Å². The summed E-state index contributed by atoms with van der Waals surface area (Å²) in [7, 11) is 0. The molecule has 146 valence electrons. The van der Waals surface area contributed by atoms with Crippen LogP contribution in [0, 0.1) is 0 Å². The van der Waals surface area contributed by atoms with Crippen LogP contribution in [0.5, 0.6) is 0 Å². The van der Waals surface area contributed by atoms with Crippen molar-refractivity contribution in [1.82, 2.24) is 10.6 Å². The lowest BCUT2D eigenvalue weighted by molar-refractivity contribution is -0.270. The zero-order valence-corrected chi connectivity index (χ0v) is 14.8. The van der Waals surface area contributed by atoms with E-state index in [4.69, 9.17) is 9.47 Å². The van der Waals surface area contributed by atoms with E-state index in [1.165, 1.54) is 6.92 Å². The standard InChI is InChI=1S/C16H30N2O7/c1-3-4-6-12(21)17-7-5-8-24-16-13(18-10(2)20)15(23)14(22)11(9-19)25-16/h11,13-16,19,22-23H,3-9H2,1-2H3,(H,17,21)(H,18,20). The summed E-state index contributed by atoms with van der Waals surface area (Å²) in [5.74, 6) is -0.412. The first-order chi connectivity index (χ1) is 11.9. The Morgan fingerprint density at radius 3 is 2.52 bits per heavy atom. The predicted molar refractivity (Wildman–Crippen MR) is 88.5 cm³/mol. The molecule has 1 aliphatic heterocycles. The molecule has 1 aliphatic rings. The van der Waals surface area contributed by atoms with E-state index in [0.29, 0.717) is 19.4 Å². The Balaban J connectivity index is 2.44. The van der Waals surface area contributed by atoms with Crippen molar-refractivity contribution in [3.63, 3.8) is 0 Å². The van der Waals surface area contributed by atoms with Crippen LogP contribution in [0.25, 0.3) is 0 Å². The number of aliphatic hydroxyl groups is 3. The molecular formula is C16H30N2O7. The van der Waals surface area contributed by atoms with Crippen LogP contribution in [0.15, 0.2) is 0 Å². The summed E-state index contributed by atoms with van der Waals surface area (Å²) in [6, 6.07) is -0.950. The fourth-order valence-corrected chi connectivity index (χ4v) is 2.54. The maximum Gasteiger partial charge on any atom is 0.219 e. The third-order valence-electron chi connectivity index (χ3n) is 3.93. The molecule has 1 saturated heterocycles. The molecule has 1 heterocycles. The quantitative estimate of drug-likeness (QED) is 0.303. The first-order valence-electron chi connectivity index (χ1n) is 8.68. The van der Waals surface area contributed by atoms with Crippen LogP contribution >= 0.6 is 0 Å². The molecule has 5 N–H and O–H groups in total. The average molecular weight is 362 g/mol. The minimum atomic E-state index is -1.33. The fraction of sp³-hybridized carbons (Fsp3) is 0.875. The van der Waals surface area contributed by atoms with E-state index in [9.17, 15) is 24.9 Å². The molecule has 0 radical (unpaired) electrons. The molecule has 9 heteroatoms. The number of carbonyl (C=O) groups excluding carboxylic acids is 2. The van der Waals surface area contributed by atoms with Gasteiger partial charge in [-0.15, -0.1) is 0 Å². The van der Waals surface area contributed by atoms with Gasteiger partial charge in [0.1, 0.15) is 24.4 Å². The first kappa shape index (κ1) is 21.8. The zero-order chi connectivity index (χ0) is 18.8. The number of hydrogen-bond donors (Lipinski definition) is 5. The van der Waals surface area contributed by atoms with Crippen molar-refractivity contribution in [3.8, 4) is 0 Å². The van der Waals surface area contributed by atoms with Gasteiger partial charge in [0.25, 0.3) is 0 Å². The Kier molecular flexibility index (Phi) is 9.91. The molecule has 5 atom stereocenters. The summed E-state index contributed by atoms with van der Waals surface area (Å²) in [4.78, 5) is 22.8. The number of rotatable bonds is 10. The van der Waals surface area contributed by atoms with E-state index in [0.717, 1.165) is 12.8 Å². The van der Waals surface area contributed by atoms with Gasteiger partial charge >= 0.3 is 0 Å². The summed E-state index contributed by atoms with van der Waals surface area (Å²) in [5, 5.41) is 34.5. The van der Waals surface area contributed by atoms with E-state index in [-0.39, 0.29) is 12.5 Å². The van der Waals surface area contributed by atoms with Gasteiger partial charge in [-0.1, -0.05) is 13.3 Å². The summed E-state index contributed by atoms with van der Waals surface area (Å²) in [5.41, 5.74) is 0. The average Bonchev–Trinajstić information content (AvgIpc) is 2.58. The Bertz CT molecular complexity index is 421. The van der Waals surface area contributed by atoms with Gasteiger partial charge in [-0.25, -0.2) is 0 Å². The molecule has 25 heavy (non-hydrogen) atoms. The van der Waals surface area contributed by atoms with E-state index >= 15 is 0 Å². The van der Waals surface area contributed by atoms with Crippen molar-refractivity contribution in [1.29, 1.82) is 0 Å². The highest BCUT2D eigenvalue weighted by atomic mass is 16.7. The molecule has 0 bridgehead atoms. The molecule has 5 unspecified atom stereocenters. The van der Waals surface area contributed by atoms with Gasteiger partial charge in [-0.05, 0) is 12.8 Å². The number of amides is 2. The second-order valence-electron chi connectivity index (χ2n) is 6.11. The van der Waals surface area contributed by atoms with E-state index in [1.807, 2.05) is 6.92 Å². The van der Waals surface area contributed by atoms with E-state index < -0.39 is 43.2 Å². The minimum absolute atomic E-state index is 0.00854. The van der Waals surface area contributed by atoms with Gasteiger partial charge in [0.15, 0.2) is 6.29 Å². The molecular weight excluding hydrogens is 332 g/mol. The molecule has 0 aromatic heterocycles. The third-order valence-corrected chi connectivity index (χ3v) is 3.93. The van der Waals surface area contributed by atoms with Crippen molar-refractivity contribution in [2.75, 3.05) is 19.8 Å². The minimum Gasteiger partial charge on any atom is -0.394 e. The van der Waals surface area contributed by atoms with E-state index in [2.05, 4.69) is 10.6 Å². The van der Waals surface area contributed by atoms with Crippen molar-refractivity contribution in [2.24, 2.45) is 0 Å². The summed E-state index contributed by atoms with van der Waals surface area (Å²) in [6.07, 6.45) is -1.84. The first-order valence-corrected chi connectivity index (χ1v) is 8.68. The Labute approximate surface area is 147 Å². The zero-order valence-electron chi connectivity index (χ0n) is 14.8. The number of carbonyl (C=O) groups is 2. The molecule has 0 spiro atoms. The van der Waals surface area contributed by atoms with E-state index in [1.54, 1.807) is 0 Å². The molecule has 1 rings (SSSR count). The number of aliphatic hydroxyl groups excluding tert-OH is 3. The maximum absolute atomic E-state index is 11.5.